The van der Waals surface area contributed by atoms with Crippen molar-refractivity contribution in [1.82, 2.24) is 0 Å². The molecule has 0 unspecified atom stereocenters. The summed E-state index contributed by atoms with van der Waals surface area (Å²) < 4.78 is 30.6. The molecular formula is C10H7O5S. The molecule has 1 radical (unpaired) electrons. The van der Waals surface area contributed by atoms with Crippen molar-refractivity contribution in [2.45, 2.75) is 4.90 Å². The van der Waals surface area contributed by atoms with E-state index in [0.717, 1.165) is 0 Å². The Morgan fingerprint density at radius 1 is 1.06 bits per heavy atom. The molecule has 2 aromatic carbocycles. The molecule has 16 heavy (non-hydrogen) atoms. The average Bonchev–Trinajstić information content (AvgIpc) is 2.22. The minimum absolute atomic E-state index is 0.257. The molecule has 0 spiro atoms. The number of hydrogen-bond acceptors (Lipinski definition) is 4. The number of phenolic OH excluding ortho intramolecular Hbond substituents is 2. The van der Waals surface area contributed by atoms with E-state index in [-0.39, 0.29) is 10.8 Å². The zero-order valence-electron chi connectivity index (χ0n) is 7.88. The highest BCUT2D eigenvalue weighted by molar-refractivity contribution is 7.86. The molecule has 0 heterocycles. The maximum atomic E-state index is 10.9. The second kappa shape index (κ2) is 3.36. The number of phenols is 2. The van der Waals surface area contributed by atoms with Crippen molar-refractivity contribution in [3.63, 3.8) is 0 Å². The second-order valence-electron chi connectivity index (χ2n) is 3.17. The van der Waals surface area contributed by atoms with Crippen LogP contribution in [0.25, 0.3) is 10.8 Å². The molecule has 0 atom stereocenters. The number of fused-ring (bicyclic) bond motifs is 1. The number of benzene rings is 2. The standard InChI is InChI=1S/C10H7O5S/c11-9-7-4-2-1-3-6(7)5-8(10(9)12)16(13,14)15/h1-4,11-12H,(H,13,14,15). The van der Waals surface area contributed by atoms with Crippen LogP contribution in [0.3, 0.4) is 0 Å². The van der Waals surface area contributed by atoms with E-state index in [0.29, 0.717) is 0 Å². The Kier molecular flexibility index (Phi) is 2.25. The van der Waals surface area contributed by atoms with Gasteiger partial charge < -0.3 is 10.2 Å². The molecular weight excluding hydrogens is 232 g/mol. The van der Waals surface area contributed by atoms with Gasteiger partial charge in [0.2, 0.25) is 0 Å². The van der Waals surface area contributed by atoms with Gasteiger partial charge in [0.15, 0.2) is 11.5 Å². The van der Waals surface area contributed by atoms with Crippen molar-refractivity contribution in [2.75, 3.05) is 0 Å². The maximum absolute atomic E-state index is 10.9. The molecule has 3 N–H and O–H groups in total. The highest BCUT2D eigenvalue weighted by atomic mass is 32.2. The van der Waals surface area contributed by atoms with Gasteiger partial charge in [0.05, 0.1) is 0 Å². The summed E-state index contributed by atoms with van der Waals surface area (Å²) in [6.45, 7) is 0. The van der Waals surface area contributed by atoms with E-state index in [1.807, 2.05) is 0 Å². The molecule has 83 valence electrons. The molecule has 6 heteroatoms. The lowest BCUT2D eigenvalue weighted by Gasteiger charge is -2.06. The molecule has 0 bridgehead atoms. The fourth-order valence-corrected chi connectivity index (χ4v) is 1.98. The third-order valence-electron chi connectivity index (χ3n) is 2.13. The Morgan fingerprint density at radius 2 is 1.69 bits per heavy atom. The lowest BCUT2D eigenvalue weighted by atomic mass is 10.1. The van der Waals surface area contributed by atoms with Crippen LogP contribution in [-0.4, -0.2) is 23.2 Å². The SMILES string of the molecule is O=S(=O)(O)c1[c]c2ccccc2c(O)c1O. The van der Waals surface area contributed by atoms with Crippen molar-refractivity contribution >= 4 is 20.9 Å². The van der Waals surface area contributed by atoms with Crippen molar-refractivity contribution in [1.29, 1.82) is 0 Å². The smallest absolute Gasteiger partial charge is 0.299 e. The minimum atomic E-state index is -4.61. The summed E-state index contributed by atoms with van der Waals surface area (Å²) in [5.74, 6) is -1.50. The summed E-state index contributed by atoms with van der Waals surface area (Å²) in [4.78, 5) is -0.830. The first kappa shape index (κ1) is 10.7. The van der Waals surface area contributed by atoms with Gasteiger partial charge in [-0.3, -0.25) is 4.55 Å². The molecule has 0 fully saturated rings. The van der Waals surface area contributed by atoms with E-state index in [9.17, 15) is 18.6 Å². The largest absolute Gasteiger partial charge is 0.504 e. The number of rotatable bonds is 1. The predicted molar refractivity (Wildman–Crippen MR) is 55.9 cm³/mol. The van der Waals surface area contributed by atoms with Crippen LogP contribution in [0.4, 0.5) is 0 Å². The van der Waals surface area contributed by atoms with E-state index in [2.05, 4.69) is 6.07 Å². The van der Waals surface area contributed by atoms with Crippen LogP contribution in [-0.2, 0) is 10.1 Å². The summed E-state index contributed by atoms with van der Waals surface area (Å²) in [5.41, 5.74) is 0. The highest BCUT2D eigenvalue weighted by Gasteiger charge is 2.21. The minimum Gasteiger partial charge on any atom is -0.504 e. The van der Waals surface area contributed by atoms with Gasteiger partial charge in [-0.2, -0.15) is 8.42 Å². The number of hydrogen-bond donors (Lipinski definition) is 3. The van der Waals surface area contributed by atoms with E-state index in [1.165, 1.54) is 12.1 Å². The summed E-state index contributed by atoms with van der Waals surface area (Å²) in [6.07, 6.45) is 0. The van der Waals surface area contributed by atoms with E-state index < -0.39 is 26.5 Å². The van der Waals surface area contributed by atoms with Gasteiger partial charge in [0.25, 0.3) is 10.1 Å². The van der Waals surface area contributed by atoms with Crippen LogP contribution in [0.15, 0.2) is 29.2 Å². The normalized spacial score (nSPS) is 11.8. The Hall–Kier alpha value is -1.79. The predicted octanol–water partition coefficient (Wildman–Crippen LogP) is 1.30. The first-order valence-corrected chi connectivity index (χ1v) is 5.68. The van der Waals surface area contributed by atoms with Crippen molar-refractivity contribution < 1.29 is 23.2 Å². The first-order valence-electron chi connectivity index (χ1n) is 4.24. The fourth-order valence-electron chi connectivity index (χ4n) is 1.40. The third-order valence-corrected chi connectivity index (χ3v) is 2.94. The molecule has 2 rings (SSSR count). The molecule has 0 amide bonds. The zero-order valence-corrected chi connectivity index (χ0v) is 8.69. The summed E-state index contributed by atoms with van der Waals surface area (Å²) in [6, 6.07) is 8.55. The van der Waals surface area contributed by atoms with Gasteiger partial charge in [-0.25, -0.2) is 0 Å². The first-order chi connectivity index (χ1) is 7.41. The van der Waals surface area contributed by atoms with Gasteiger partial charge in [-0.1, -0.05) is 24.3 Å². The van der Waals surface area contributed by atoms with Gasteiger partial charge in [0.1, 0.15) is 4.90 Å². The lowest BCUT2D eigenvalue weighted by molar-refractivity contribution is 0.393. The zero-order chi connectivity index (χ0) is 11.9. The summed E-state index contributed by atoms with van der Waals surface area (Å²) in [5, 5.41) is 19.5. The fraction of sp³-hybridized carbons (Fsp3) is 0. The lowest BCUT2D eigenvalue weighted by Crippen LogP contribution is -1.99. The Bertz CT molecular complexity index is 660. The third kappa shape index (κ3) is 1.58. The van der Waals surface area contributed by atoms with Crippen LogP contribution in [0.5, 0.6) is 11.5 Å². The monoisotopic (exact) mass is 239 g/mol. The van der Waals surface area contributed by atoms with E-state index in [1.54, 1.807) is 12.1 Å². The topological polar surface area (TPSA) is 94.8 Å². The summed E-state index contributed by atoms with van der Waals surface area (Å²) >= 11 is 0. The van der Waals surface area contributed by atoms with Crippen molar-refractivity contribution in [2.24, 2.45) is 0 Å². The van der Waals surface area contributed by atoms with Crippen molar-refractivity contribution in [3.8, 4) is 11.5 Å². The van der Waals surface area contributed by atoms with Gasteiger partial charge >= 0.3 is 0 Å². The molecule has 0 saturated carbocycles. The van der Waals surface area contributed by atoms with E-state index in [4.69, 9.17) is 4.55 Å². The summed E-state index contributed by atoms with van der Waals surface area (Å²) in [7, 11) is -4.61. The Labute approximate surface area is 91.3 Å². The molecule has 2 aromatic rings. The molecule has 0 aromatic heterocycles. The molecule has 0 aliphatic rings. The van der Waals surface area contributed by atoms with Crippen LogP contribution in [0, 0.1) is 6.07 Å². The van der Waals surface area contributed by atoms with Crippen molar-refractivity contribution in [3.05, 3.63) is 30.3 Å². The Morgan fingerprint density at radius 3 is 2.31 bits per heavy atom. The highest BCUT2D eigenvalue weighted by Crippen LogP contribution is 2.38. The molecule has 0 aliphatic heterocycles. The maximum Gasteiger partial charge on any atom is 0.299 e. The van der Waals surface area contributed by atoms with Crippen LogP contribution in [0.2, 0.25) is 0 Å². The molecule has 0 aliphatic carbocycles. The molecule has 5 nitrogen and oxygen atoms in total. The van der Waals surface area contributed by atoms with Gasteiger partial charge in [0, 0.05) is 11.5 Å². The number of aromatic hydroxyl groups is 2. The quantitative estimate of drug-likeness (QED) is 0.515. The average molecular weight is 239 g/mol. The van der Waals surface area contributed by atoms with Crippen LogP contribution < -0.4 is 0 Å². The van der Waals surface area contributed by atoms with Crippen LogP contribution in [0.1, 0.15) is 0 Å². The molecule has 0 saturated heterocycles. The van der Waals surface area contributed by atoms with Gasteiger partial charge in [-0.15, -0.1) is 0 Å². The van der Waals surface area contributed by atoms with Gasteiger partial charge in [-0.05, 0) is 5.39 Å². The second-order valence-corrected chi connectivity index (χ2v) is 4.53. The Balaban J connectivity index is 2.95. The van der Waals surface area contributed by atoms with Crippen LogP contribution >= 0.6 is 0 Å². The van der Waals surface area contributed by atoms with E-state index >= 15 is 0 Å².